The minimum Gasteiger partial charge on any atom is -0.439 e. The van der Waals surface area contributed by atoms with Crippen LogP contribution < -0.4 is 15.4 Å². The van der Waals surface area contributed by atoms with Gasteiger partial charge < -0.3 is 15.4 Å². The van der Waals surface area contributed by atoms with Gasteiger partial charge in [-0.2, -0.15) is 5.10 Å². The van der Waals surface area contributed by atoms with E-state index in [0.717, 1.165) is 17.7 Å². The Balaban J connectivity index is 0.00000210. The molecule has 1 atom stereocenters. The molecule has 0 aliphatic rings. The highest BCUT2D eigenvalue weighted by atomic mass is 35.5. The lowest BCUT2D eigenvalue weighted by Gasteiger charge is -2.14. The Kier molecular flexibility index (Phi) is 9.61. The van der Waals surface area contributed by atoms with Crippen LogP contribution >= 0.6 is 24.8 Å². The van der Waals surface area contributed by atoms with E-state index < -0.39 is 6.04 Å². The van der Waals surface area contributed by atoms with Crippen LogP contribution in [0.2, 0.25) is 0 Å². The molecule has 0 radical (unpaired) electrons. The largest absolute Gasteiger partial charge is 0.439 e. The molecule has 1 unspecified atom stereocenters. The summed E-state index contributed by atoms with van der Waals surface area (Å²) in [6.07, 6.45) is 5.99. The molecule has 3 rings (SSSR count). The second kappa shape index (κ2) is 11.4. The van der Waals surface area contributed by atoms with Gasteiger partial charge in [0, 0.05) is 24.9 Å². The van der Waals surface area contributed by atoms with Gasteiger partial charge >= 0.3 is 0 Å². The average Bonchev–Trinajstić information content (AvgIpc) is 3.10. The molecule has 2 aromatic heterocycles. The van der Waals surface area contributed by atoms with E-state index in [1.165, 1.54) is 5.56 Å². The summed E-state index contributed by atoms with van der Waals surface area (Å²) in [5.74, 6) is 1.03. The zero-order valence-corrected chi connectivity index (χ0v) is 18.1. The number of benzene rings is 1. The number of aryl methyl sites for hydroxylation is 2. The predicted molar refractivity (Wildman–Crippen MR) is 118 cm³/mol. The van der Waals surface area contributed by atoms with Crippen LogP contribution in [-0.4, -0.2) is 27.7 Å². The average molecular weight is 438 g/mol. The van der Waals surface area contributed by atoms with Gasteiger partial charge in [0.15, 0.2) is 0 Å². The third-order valence-corrected chi connectivity index (χ3v) is 4.14. The van der Waals surface area contributed by atoms with Crippen molar-refractivity contribution >= 4 is 36.4 Å². The zero-order valence-electron chi connectivity index (χ0n) is 16.5. The van der Waals surface area contributed by atoms with Gasteiger partial charge in [-0.25, -0.2) is 4.98 Å². The van der Waals surface area contributed by atoms with Crippen molar-refractivity contribution in [2.75, 3.05) is 12.4 Å². The van der Waals surface area contributed by atoms with Gasteiger partial charge in [-0.1, -0.05) is 19.1 Å². The van der Waals surface area contributed by atoms with Crippen LogP contribution in [0.4, 0.5) is 5.69 Å². The molecule has 29 heavy (non-hydrogen) atoms. The highest BCUT2D eigenvalue weighted by Crippen LogP contribution is 2.22. The van der Waals surface area contributed by atoms with Crippen molar-refractivity contribution in [2.45, 2.75) is 19.4 Å². The molecule has 0 spiro atoms. The van der Waals surface area contributed by atoms with Crippen molar-refractivity contribution in [2.24, 2.45) is 7.05 Å². The van der Waals surface area contributed by atoms with Gasteiger partial charge in [-0.15, -0.1) is 24.8 Å². The normalized spacial score (nSPS) is 11.0. The first-order valence-corrected chi connectivity index (χ1v) is 8.78. The van der Waals surface area contributed by atoms with Gasteiger partial charge in [0.1, 0.15) is 11.8 Å². The van der Waals surface area contributed by atoms with E-state index in [2.05, 4.69) is 33.7 Å². The second-order valence-corrected chi connectivity index (χ2v) is 6.15. The summed E-state index contributed by atoms with van der Waals surface area (Å²) in [6, 6.07) is 10.9. The molecule has 1 aromatic carbocycles. The van der Waals surface area contributed by atoms with Gasteiger partial charge in [0.25, 0.3) is 0 Å². The molecule has 0 aliphatic heterocycles. The van der Waals surface area contributed by atoms with Crippen molar-refractivity contribution in [1.29, 1.82) is 0 Å². The van der Waals surface area contributed by atoms with Crippen molar-refractivity contribution in [3.63, 3.8) is 0 Å². The summed E-state index contributed by atoms with van der Waals surface area (Å²) in [5.41, 5.74) is 2.59. The lowest BCUT2D eigenvalue weighted by molar-refractivity contribution is -0.118. The highest BCUT2D eigenvalue weighted by molar-refractivity contribution is 5.95. The number of pyridine rings is 1. The number of nitrogens with zero attached hydrogens (tertiary/aromatic N) is 3. The fraction of sp³-hybridized carbons (Fsp3) is 0.250. The number of nitrogens with one attached hydrogen (secondary N) is 2. The van der Waals surface area contributed by atoms with Crippen LogP contribution in [-0.2, 0) is 18.3 Å². The Morgan fingerprint density at radius 3 is 2.59 bits per heavy atom. The van der Waals surface area contributed by atoms with Crippen molar-refractivity contribution in [3.05, 3.63) is 66.1 Å². The Morgan fingerprint density at radius 2 is 2.00 bits per heavy atom. The molecule has 0 aliphatic carbocycles. The topological polar surface area (TPSA) is 81.1 Å². The molecule has 0 saturated carbocycles. The number of hydrogen-bond donors (Lipinski definition) is 2. The summed E-state index contributed by atoms with van der Waals surface area (Å²) >= 11 is 0. The molecule has 2 heterocycles. The van der Waals surface area contributed by atoms with Crippen LogP contribution in [0.15, 0.2) is 55.0 Å². The maximum absolute atomic E-state index is 12.5. The maximum Gasteiger partial charge on any atom is 0.246 e. The van der Waals surface area contributed by atoms with Crippen molar-refractivity contribution < 1.29 is 9.53 Å². The highest BCUT2D eigenvalue weighted by Gasteiger charge is 2.20. The molecule has 9 heteroatoms. The first kappa shape index (κ1) is 24.4. The Labute approximate surface area is 182 Å². The van der Waals surface area contributed by atoms with E-state index in [1.807, 2.05) is 25.2 Å². The van der Waals surface area contributed by atoms with E-state index in [4.69, 9.17) is 4.74 Å². The number of amides is 1. The first-order valence-electron chi connectivity index (χ1n) is 8.78. The van der Waals surface area contributed by atoms with Crippen LogP contribution in [0.5, 0.6) is 11.6 Å². The molecular formula is C20H25Cl2N5O2. The Morgan fingerprint density at radius 1 is 1.21 bits per heavy atom. The third kappa shape index (κ3) is 6.45. The van der Waals surface area contributed by atoms with Crippen molar-refractivity contribution in [3.8, 4) is 11.6 Å². The van der Waals surface area contributed by atoms with E-state index in [0.29, 0.717) is 11.6 Å². The Hall–Kier alpha value is -2.61. The number of ether oxygens (including phenoxy) is 1. The number of carbonyl (C=O) groups excluding carboxylic acids is 1. The van der Waals surface area contributed by atoms with Gasteiger partial charge in [0.2, 0.25) is 11.8 Å². The van der Waals surface area contributed by atoms with Crippen LogP contribution in [0.1, 0.15) is 24.1 Å². The number of likely N-dealkylation sites (N-methyl/N-ethyl adjacent to an activating group) is 1. The lowest BCUT2D eigenvalue weighted by Crippen LogP contribution is -2.30. The van der Waals surface area contributed by atoms with E-state index in [1.54, 1.807) is 42.5 Å². The monoisotopic (exact) mass is 437 g/mol. The minimum absolute atomic E-state index is 0. The summed E-state index contributed by atoms with van der Waals surface area (Å²) < 4.78 is 7.44. The molecule has 0 saturated heterocycles. The fourth-order valence-corrected chi connectivity index (χ4v) is 2.72. The van der Waals surface area contributed by atoms with Crippen LogP contribution in [0.25, 0.3) is 0 Å². The third-order valence-electron chi connectivity index (χ3n) is 4.14. The lowest BCUT2D eigenvalue weighted by atomic mass is 10.1. The van der Waals surface area contributed by atoms with Crippen molar-refractivity contribution in [1.82, 2.24) is 20.1 Å². The SMILES string of the molecule is CCc1cccc(Oc2ccc(NC(=O)C(NC)c3cnn(C)c3)cn2)c1.Cl.Cl. The summed E-state index contributed by atoms with van der Waals surface area (Å²) in [6.45, 7) is 2.10. The number of rotatable bonds is 7. The maximum atomic E-state index is 12.5. The molecule has 0 fully saturated rings. The summed E-state index contributed by atoms with van der Waals surface area (Å²) in [5, 5.41) is 9.96. The van der Waals surface area contributed by atoms with Gasteiger partial charge in [-0.05, 0) is 37.2 Å². The van der Waals surface area contributed by atoms with Gasteiger partial charge in [0.05, 0.1) is 18.1 Å². The van der Waals surface area contributed by atoms with Crippen LogP contribution in [0, 0.1) is 0 Å². The smallest absolute Gasteiger partial charge is 0.246 e. The number of aromatic nitrogens is 3. The molecule has 7 nitrogen and oxygen atoms in total. The number of halogens is 2. The standard InChI is InChI=1S/C20H23N5O2.2ClH/c1-4-14-6-5-7-17(10-14)27-18-9-8-16(12-22-18)24-20(26)19(21-2)15-11-23-25(3)13-15;;/h5-13,19,21H,4H2,1-3H3,(H,24,26);2*1H. The zero-order chi connectivity index (χ0) is 19.2. The van der Waals surface area contributed by atoms with E-state index in [9.17, 15) is 4.79 Å². The fourth-order valence-electron chi connectivity index (χ4n) is 2.72. The molecule has 3 aromatic rings. The molecule has 2 N–H and O–H groups in total. The minimum atomic E-state index is -0.494. The first-order chi connectivity index (χ1) is 13.1. The van der Waals surface area contributed by atoms with Gasteiger partial charge in [-0.3, -0.25) is 9.48 Å². The summed E-state index contributed by atoms with van der Waals surface area (Å²) in [4.78, 5) is 16.8. The van der Waals surface area contributed by atoms with E-state index in [-0.39, 0.29) is 30.7 Å². The molecule has 0 bridgehead atoms. The van der Waals surface area contributed by atoms with E-state index >= 15 is 0 Å². The predicted octanol–water partition coefficient (Wildman–Crippen LogP) is 3.91. The second-order valence-electron chi connectivity index (χ2n) is 6.15. The number of carbonyl (C=O) groups is 1. The molecule has 1 amide bonds. The Bertz CT molecular complexity index is 915. The molecular weight excluding hydrogens is 413 g/mol. The van der Waals surface area contributed by atoms with Crippen LogP contribution in [0.3, 0.4) is 0 Å². The summed E-state index contributed by atoms with van der Waals surface area (Å²) in [7, 11) is 3.55. The number of anilines is 1. The quantitative estimate of drug-likeness (QED) is 0.585. The molecule has 156 valence electrons. The number of hydrogen-bond acceptors (Lipinski definition) is 5.